The molecule has 6 nitrogen and oxygen atoms in total. The number of sulfone groups is 1. The van der Waals surface area contributed by atoms with E-state index in [0.29, 0.717) is 6.42 Å². The summed E-state index contributed by atoms with van der Waals surface area (Å²) in [6.45, 7) is 2.07. The summed E-state index contributed by atoms with van der Waals surface area (Å²) in [4.78, 5) is 11.7. The molecule has 2 amide bonds. The lowest BCUT2D eigenvalue weighted by molar-refractivity contribution is 0.233. The van der Waals surface area contributed by atoms with E-state index in [1.54, 1.807) is 0 Å². The Morgan fingerprint density at radius 1 is 1.16 bits per heavy atom. The van der Waals surface area contributed by atoms with Gasteiger partial charge in [0.1, 0.15) is 0 Å². The van der Waals surface area contributed by atoms with Crippen molar-refractivity contribution in [2.75, 3.05) is 25.4 Å². The summed E-state index contributed by atoms with van der Waals surface area (Å²) in [5, 5.41) is 8.44. The van der Waals surface area contributed by atoms with E-state index in [0.717, 1.165) is 38.8 Å². The van der Waals surface area contributed by atoms with Crippen LogP contribution in [0.3, 0.4) is 0 Å². The molecule has 0 aromatic heterocycles. The van der Waals surface area contributed by atoms with Gasteiger partial charge in [0, 0.05) is 12.6 Å². The van der Waals surface area contributed by atoms with E-state index in [1.807, 2.05) is 0 Å². The second-order valence-electron chi connectivity index (χ2n) is 5.36. The van der Waals surface area contributed by atoms with E-state index < -0.39 is 15.1 Å². The first-order chi connectivity index (χ1) is 9.08. The molecule has 2 heterocycles. The lowest BCUT2D eigenvalue weighted by Crippen LogP contribution is -2.49. The fourth-order valence-electron chi connectivity index (χ4n) is 2.66. The van der Waals surface area contributed by atoms with Crippen LogP contribution in [0.15, 0.2) is 0 Å². The van der Waals surface area contributed by atoms with Gasteiger partial charge in [-0.3, -0.25) is 0 Å². The van der Waals surface area contributed by atoms with E-state index in [2.05, 4.69) is 16.0 Å². The highest BCUT2D eigenvalue weighted by atomic mass is 32.2. The van der Waals surface area contributed by atoms with Gasteiger partial charge >= 0.3 is 6.03 Å². The van der Waals surface area contributed by atoms with Gasteiger partial charge in [0.05, 0.1) is 11.0 Å². The maximum atomic E-state index is 11.8. The van der Waals surface area contributed by atoms with Crippen molar-refractivity contribution in [3.8, 4) is 0 Å². The van der Waals surface area contributed by atoms with Crippen molar-refractivity contribution in [1.82, 2.24) is 16.0 Å². The van der Waals surface area contributed by atoms with Crippen LogP contribution in [0, 0.1) is 0 Å². The second-order valence-corrected chi connectivity index (χ2v) is 7.76. The van der Waals surface area contributed by atoms with Crippen LogP contribution in [-0.4, -0.2) is 51.1 Å². The van der Waals surface area contributed by atoms with Crippen LogP contribution in [0.1, 0.15) is 32.1 Å². The van der Waals surface area contributed by atoms with E-state index in [4.69, 9.17) is 0 Å². The van der Waals surface area contributed by atoms with Crippen molar-refractivity contribution in [2.24, 2.45) is 0 Å². The van der Waals surface area contributed by atoms with Gasteiger partial charge in [-0.05, 0) is 38.8 Å². The van der Waals surface area contributed by atoms with Crippen molar-refractivity contribution >= 4 is 15.9 Å². The lowest BCUT2D eigenvalue weighted by Gasteiger charge is -2.25. The van der Waals surface area contributed by atoms with Gasteiger partial charge in [0.25, 0.3) is 0 Å². The normalized spacial score (nSPS) is 27.7. The third kappa shape index (κ3) is 4.35. The quantitative estimate of drug-likeness (QED) is 0.683. The molecule has 0 bridgehead atoms. The van der Waals surface area contributed by atoms with Crippen LogP contribution < -0.4 is 16.0 Å². The molecule has 0 saturated carbocycles. The first kappa shape index (κ1) is 14.6. The number of piperidine rings is 1. The molecule has 2 saturated heterocycles. The average molecular weight is 289 g/mol. The zero-order valence-corrected chi connectivity index (χ0v) is 12.0. The standard InChI is InChI=1S/C12H23N3O3S/c16-12(15-10-4-6-13-7-5-10)14-9-11-3-1-2-8-19(11,17)18/h10-11,13H,1-9H2,(H2,14,15,16). The van der Waals surface area contributed by atoms with Crippen molar-refractivity contribution in [3.05, 3.63) is 0 Å². The minimum absolute atomic E-state index is 0.198. The summed E-state index contributed by atoms with van der Waals surface area (Å²) < 4.78 is 23.6. The molecular formula is C12H23N3O3S. The summed E-state index contributed by atoms with van der Waals surface area (Å²) in [7, 11) is -3.00. The average Bonchev–Trinajstić information content (AvgIpc) is 2.38. The van der Waals surface area contributed by atoms with Gasteiger partial charge < -0.3 is 16.0 Å². The number of nitrogens with one attached hydrogen (secondary N) is 3. The lowest BCUT2D eigenvalue weighted by atomic mass is 10.1. The smallest absolute Gasteiger partial charge is 0.315 e. The van der Waals surface area contributed by atoms with E-state index in [9.17, 15) is 13.2 Å². The maximum absolute atomic E-state index is 11.8. The molecule has 0 radical (unpaired) electrons. The molecule has 110 valence electrons. The Hall–Kier alpha value is -0.820. The Balaban J connectivity index is 1.73. The third-order valence-electron chi connectivity index (χ3n) is 3.88. The fraction of sp³-hybridized carbons (Fsp3) is 0.917. The summed E-state index contributed by atoms with van der Waals surface area (Å²) in [6.07, 6.45) is 4.20. The Labute approximate surface area is 114 Å². The van der Waals surface area contributed by atoms with Crippen LogP contribution in [0.5, 0.6) is 0 Å². The number of amides is 2. The highest BCUT2D eigenvalue weighted by molar-refractivity contribution is 7.92. The first-order valence-electron chi connectivity index (χ1n) is 7.04. The molecule has 2 fully saturated rings. The molecule has 0 spiro atoms. The molecule has 1 atom stereocenters. The van der Waals surface area contributed by atoms with Gasteiger partial charge in [0.15, 0.2) is 9.84 Å². The van der Waals surface area contributed by atoms with E-state index >= 15 is 0 Å². The Morgan fingerprint density at radius 3 is 2.58 bits per heavy atom. The summed E-state index contributed by atoms with van der Waals surface area (Å²) >= 11 is 0. The topological polar surface area (TPSA) is 87.3 Å². The zero-order chi connectivity index (χ0) is 13.7. The largest absolute Gasteiger partial charge is 0.337 e. The van der Waals surface area contributed by atoms with Crippen LogP contribution in [0.4, 0.5) is 4.79 Å². The molecule has 19 heavy (non-hydrogen) atoms. The predicted molar refractivity (Wildman–Crippen MR) is 73.9 cm³/mol. The monoisotopic (exact) mass is 289 g/mol. The highest BCUT2D eigenvalue weighted by Crippen LogP contribution is 2.18. The number of carbonyl (C=O) groups excluding carboxylic acids is 1. The van der Waals surface area contributed by atoms with E-state index in [-0.39, 0.29) is 24.4 Å². The Kier molecular flexibility index (Phi) is 5.04. The third-order valence-corrected chi connectivity index (χ3v) is 6.15. The van der Waals surface area contributed by atoms with Gasteiger partial charge in [0.2, 0.25) is 0 Å². The molecule has 2 aliphatic heterocycles. The minimum atomic E-state index is -3.00. The van der Waals surface area contributed by atoms with Gasteiger partial charge in [-0.25, -0.2) is 13.2 Å². The predicted octanol–water partition coefficient (Wildman–Crippen LogP) is 0.00490. The van der Waals surface area contributed by atoms with Crippen LogP contribution in [-0.2, 0) is 9.84 Å². The fourth-order valence-corrected chi connectivity index (χ4v) is 4.46. The van der Waals surface area contributed by atoms with Crippen LogP contribution in [0.2, 0.25) is 0 Å². The van der Waals surface area contributed by atoms with Crippen LogP contribution in [0.25, 0.3) is 0 Å². The van der Waals surface area contributed by atoms with Gasteiger partial charge in [-0.1, -0.05) is 6.42 Å². The summed E-state index contributed by atoms with van der Waals surface area (Å²) in [6, 6.07) is -0.0445. The molecule has 0 aliphatic carbocycles. The number of urea groups is 1. The first-order valence-corrected chi connectivity index (χ1v) is 8.76. The SMILES string of the molecule is O=C(NCC1CCCCS1(=O)=O)NC1CCNCC1. The number of carbonyl (C=O) groups is 1. The van der Waals surface area contributed by atoms with Gasteiger partial charge in [-0.15, -0.1) is 0 Å². The molecule has 2 rings (SSSR count). The molecular weight excluding hydrogens is 266 g/mol. The summed E-state index contributed by atoms with van der Waals surface area (Å²) in [5.74, 6) is 0.259. The van der Waals surface area contributed by atoms with Crippen molar-refractivity contribution in [1.29, 1.82) is 0 Å². The van der Waals surface area contributed by atoms with Crippen molar-refractivity contribution in [3.63, 3.8) is 0 Å². The number of rotatable bonds is 3. The number of hydrogen-bond acceptors (Lipinski definition) is 4. The number of hydrogen-bond donors (Lipinski definition) is 3. The molecule has 2 aliphatic rings. The zero-order valence-electron chi connectivity index (χ0n) is 11.2. The highest BCUT2D eigenvalue weighted by Gasteiger charge is 2.29. The molecule has 1 unspecified atom stereocenters. The van der Waals surface area contributed by atoms with Crippen molar-refractivity contribution < 1.29 is 13.2 Å². The Morgan fingerprint density at radius 2 is 1.89 bits per heavy atom. The molecule has 0 aromatic rings. The molecule has 7 heteroatoms. The molecule has 0 aromatic carbocycles. The van der Waals surface area contributed by atoms with E-state index in [1.165, 1.54) is 0 Å². The summed E-state index contributed by atoms with van der Waals surface area (Å²) in [5.41, 5.74) is 0. The Bertz CT molecular complexity index is 404. The maximum Gasteiger partial charge on any atom is 0.315 e. The molecule has 3 N–H and O–H groups in total. The van der Waals surface area contributed by atoms with Crippen molar-refractivity contribution in [2.45, 2.75) is 43.4 Å². The minimum Gasteiger partial charge on any atom is -0.337 e. The van der Waals surface area contributed by atoms with Crippen LogP contribution >= 0.6 is 0 Å². The van der Waals surface area contributed by atoms with Gasteiger partial charge in [-0.2, -0.15) is 0 Å². The second kappa shape index (κ2) is 6.56.